The third-order valence-corrected chi connectivity index (χ3v) is 10.5. The Morgan fingerprint density at radius 2 is 1.50 bits per heavy atom. The van der Waals surface area contributed by atoms with E-state index >= 15 is 0 Å². The lowest BCUT2D eigenvalue weighted by atomic mass is 10.0. The maximum Gasteiger partial charge on any atom is 0.264 e. The van der Waals surface area contributed by atoms with E-state index in [9.17, 15) is 18.0 Å². The fourth-order valence-electron chi connectivity index (χ4n) is 5.71. The Hall–Kier alpha value is -3.85. The third kappa shape index (κ3) is 8.49. The first-order chi connectivity index (χ1) is 22.1. The Kier molecular flexibility index (Phi) is 11.0. The van der Waals surface area contributed by atoms with E-state index in [1.54, 1.807) is 18.2 Å². The van der Waals surface area contributed by atoms with Crippen molar-refractivity contribution in [2.75, 3.05) is 10.8 Å². The number of amides is 2. The highest BCUT2D eigenvalue weighted by molar-refractivity contribution is 7.92. The first-order valence-corrected chi connectivity index (χ1v) is 17.5. The molecular weight excluding hydrogens is 641 g/mol. The number of rotatable bonds is 12. The van der Waals surface area contributed by atoms with Crippen molar-refractivity contribution in [3.63, 3.8) is 0 Å². The molecule has 0 aliphatic heterocycles. The minimum atomic E-state index is -4.25. The summed E-state index contributed by atoms with van der Waals surface area (Å²) in [4.78, 5) is 30.1. The molecule has 1 saturated carbocycles. The number of hydrogen-bond acceptors (Lipinski definition) is 4. The van der Waals surface area contributed by atoms with Crippen LogP contribution in [0.25, 0.3) is 0 Å². The van der Waals surface area contributed by atoms with Crippen LogP contribution in [-0.2, 0) is 32.6 Å². The second-order valence-electron chi connectivity index (χ2n) is 11.6. The van der Waals surface area contributed by atoms with Gasteiger partial charge < -0.3 is 10.2 Å². The molecule has 0 saturated heterocycles. The van der Waals surface area contributed by atoms with Gasteiger partial charge >= 0.3 is 0 Å². The second kappa shape index (κ2) is 15.2. The van der Waals surface area contributed by atoms with Crippen LogP contribution >= 0.6 is 23.2 Å². The van der Waals surface area contributed by atoms with E-state index in [0.717, 1.165) is 46.7 Å². The standard InChI is InChI=1S/C36H37Cl2N3O4S/c1-26-14-16-28(17-15-26)24-40(34(22-27-8-3-2-4-9-27)36(43)39-31-11-5-6-12-31)35(42)25-41(32-13-7-10-30(38)23-32)46(44,45)33-20-18-29(37)19-21-33/h2-4,7-10,13-21,23,31,34H,5-6,11-12,22,24-25H2,1H3,(H,39,43). The number of nitrogens with zero attached hydrogens (tertiary/aromatic N) is 2. The van der Waals surface area contributed by atoms with Gasteiger partial charge in [0.15, 0.2) is 0 Å². The van der Waals surface area contributed by atoms with E-state index in [0.29, 0.717) is 10.0 Å². The molecule has 1 N–H and O–H groups in total. The topological polar surface area (TPSA) is 86.8 Å². The van der Waals surface area contributed by atoms with Crippen molar-refractivity contribution in [2.45, 2.75) is 62.6 Å². The molecule has 0 heterocycles. The number of sulfonamides is 1. The number of hydrogen-bond donors (Lipinski definition) is 1. The average molecular weight is 679 g/mol. The van der Waals surface area contributed by atoms with Crippen molar-refractivity contribution < 1.29 is 18.0 Å². The zero-order chi connectivity index (χ0) is 32.7. The summed E-state index contributed by atoms with van der Waals surface area (Å²) < 4.78 is 29.3. The van der Waals surface area contributed by atoms with Crippen molar-refractivity contribution in [3.05, 3.63) is 130 Å². The summed E-state index contributed by atoms with van der Waals surface area (Å²) in [6.45, 7) is 1.53. The van der Waals surface area contributed by atoms with Gasteiger partial charge in [0.25, 0.3) is 10.0 Å². The van der Waals surface area contributed by atoms with Gasteiger partial charge in [-0.1, -0.05) is 102 Å². The maximum atomic E-state index is 14.6. The predicted molar refractivity (Wildman–Crippen MR) is 183 cm³/mol. The van der Waals surface area contributed by atoms with Gasteiger partial charge in [0.1, 0.15) is 12.6 Å². The molecule has 7 nitrogen and oxygen atoms in total. The quantitative estimate of drug-likeness (QED) is 0.172. The Morgan fingerprint density at radius 3 is 2.15 bits per heavy atom. The Morgan fingerprint density at radius 1 is 0.826 bits per heavy atom. The summed E-state index contributed by atoms with van der Waals surface area (Å²) in [6, 6.07) is 28.5. The van der Waals surface area contributed by atoms with E-state index in [1.165, 1.54) is 35.2 Å². The van der Waals surface area contributed by atoms with E-state index in [4.69, 9.17) is 23.2 Å². The summed E-state index contributed by atoms with van der Waals surface area (Å²) >= 11 is 12.4. The molecule has 1 unspecified atom stereocenters. The summed E-state index contributed by atoms with van der Waals surface area (Å²) in [5.41, 5.74) is 2.99. The highest BCUT2D eigenvalue weighted by Gasteiger charge is 2.35. The van der Waals surface area contributed by atoms with Gasteiger partial charge in [0, 0.05) is 29.1 Å². The molecule has 46 heavy (non-hydrogen) atoms. The predicted octanol–water partition coefficient (Wildman–Crippen LogP) is 7.20. The van der Waals surface area contributed by atoms with Gasteiger partial charge in [0.05, 0.1) is 10.6 Å². The number of anilines is 1. The van der Waals surface area contributed by atoms with Crippen LogP contribution in [0, 0.1) is 6.92 Å². The molecule has 4 aromatic carbocycles. The maximum absolute atomic E-state index is 14.6. The van der Waals surface area contributed by atoms with E-state index < -0.39 is 28.5 Å². The van der Waals surface area contributed by atoms with Gasteiger partial charge in [-0.3, -0.25) is 13.9 Å². The number of nitrogens with one attached hydrogen (secondary N) is 1. The third-order valence-electron chi connectivity index (χ3n) is 8.22. The molecule has 0 aromatic heterocycles. The van der Waals surface area contributed by atoms with Crippen molar-refractivity contribution >= 4 is 50.7 Å². The van der Waals surface area contributed by atoms with Gasteiger partial charge in [-0.2, -0.15) is 0 Å². The molecule has 0 bridgehead atoms. The molecule has 2 amide bonds. The summed E-state index contributed by atoms with van der Waals surface area (Å²) in [6.07, 6.45) is 4.11. The summed E-state index contributed by atoms with van der Waals surface area (Å²) in [7, 11) is -4.25. The van der Waals surface area contributed by atoms with Crippen LogP contribution in [0.2, 0.25) is 10.0 Å². The zero-order valence-electron chi connectivity index (χ0n) is 25.6. The molecule has 0 radical (unpaired) electrons. The highest BCUT2D eigenvalue weighted by atomic mass is 35.5. The number of carbonyl (C=O) groups excluding carboxylic acids is 2. The van der Waals surface area contributed by atoms with Crippen LogP contribution in [0.1, 0.15) is 42.4 Å². The van der Waals surface area contributed by atoms with Crippen LogP contribution in [0.15, 0.2) is 108 Å². The number of aryl methyl sites for hydroxylation is 1. The van der Waals surface area contributed by atoms with E-state index in [1.807, 2.05) is 61.5 Å². The molecule has 4 aromatic rings. The molecule has 1 aliphatic rings. The van der Waals surface area contributed by atoms with Gasteiger partial charge in [-0.05, 0) is 73.4 Å². The Balaban J connectivity index is 1.56. The van der Waals surface area contributed by atoms with E-state index in [-0.39, 0.29) is 35.5 Å². The largest absolute Gasteiger partial charge is 0.352 e. The van der Waals surface area contributed by atoms with Crippen LogP contribution in [0.3, 0.4) is 0 Å². The monoisotopic (exact) mass is 677 g/mol. The lowest BCUT2D eigenvalue weighted by molar-refractivity contribution is -0.140. The van der Waals surface area contributed by atoms with Crippen LogP contribution in [-0.4, -0.2) is 43.8 Å². The first-order valence-electron chi connectivity index (χ1n) is 15.3. The van der Waals surface area contributed by atoms with Crippen LogP contribution in [0.4, 0.5) is 5.69 Å². The molecule has 10 heteroatoms. The van der Waals surface area contributed by atoms with Crippen molar-refractivity contribution in [2.24, 2.45) is 0 Å². The highest BCUT2D eigenvalue weighted by Crippen LogP contribution is 2.28. The Bertz CT molecular complexity index is 1740. The van der Waals surface area contributed by atoms with Crippen molar-refractivity contribution in [1.29, 1.82) is 0 Å². The zero-order valence-corrected chi connectivity index (χ0v) is 27.9. The fourth-order valence-corrected chi connectivity index (χ4v) is 7.42. The number of carbonyl (C=O) groups is 2. The Labute approximate surface area is 281 Å². The first kappa shape index (κ1) is 33.5. The molecule has 240 valence electrons. The van der Waals surface area contributed by atoms with Gasteiger partial charge in [0.2, 0.25) is 11.8 Å². The summed E-state index contributed by atoms with van der Waals surface area (Å²) in [5.74, 6) is -0.785. The second-order valence-corrected chi connectivity index (χ2v) is 14.4. The molecule has 1 fully saturated rings. The van der Waals surface area contributed by atoms with Crippen LogP contribution < -0.4 is 9.62 Å². The van der Waals surface area contributed by atoms with Crippen LogP contribution in [0.5, 0.6) is 0 Å². The molecule has 1 aliphatic carbocycles. The van der Waals surface area contributed by atoms with Gasteiger partial charge in [-0.15, -0.1) is 0 Å². The lowest BCUT2D eigenvalue weighted by Crippen LogP contribution is -2.54. The molecular formula is C36H37Cl2N3O4S. The normalized spacial score (nSPS) is 14.1. The SMILES string of the molecule is Cc1ccc(CN(C(=O)CN(c2cccc(Cl)c2)S(=O)(=O)c2ccc(Cl)cc2)C(Cc2ccccc2)C(=O)NC2CCCC2)cc1. The molecule has 5 rings (SSSR count). The molecule has 1 atom stereocenters. The average Bonchev–Trinajstić information content (AvgIpc) is 3.56. The fraction of sp³-hybridized carbons (Fsp3) is 0.278. The minimum Gasteiger partial charge on any atom is -0.352 e. The van der Waals surface area contributed by atoms with Gasteiger partial charge in [-0.25, -0.2) is 8.42 Å². The smallest absolute Gasteiger partial charge is 0.264 e. The van der Waals surface area contributed by atoms with Crippen molar-refractivity contribution in [3.8, 4) is 0 Å². The number of halogens is 2. The summed E-state index contributed by atoms with van der Waals surface area (Å²) in [5, 5.41) is 3.88. The van der Waals surface area contributed by atoms with E-state index in [2.05, 4.69) is 5.32 Å². The minimum absolute atomic E-state index is 0.0328. The lowest BCUT2D eigenvalue weighted by Gasteiger charge is -2.34. The molecule has 0 spiro atoms. The van der Waals surface area contributed by atoms with Crippen molar-refractivity contribution in [1.82, 2.24) is 10.2 Å². The number of benzene rings is 4.